The van der Waals surface area contributed by atoms with E-state index in [2.05, 4.69) is 0 Å². The maximum absolute atomic E-state index is 13.0. The summed E-state index contributed by atoms with van der Waals surface area (Å²) in [5.41, 5.74) is 2.30. The second-order valence-electron chi connectivity index (χ2n) is 6.81. The Balaban J connectivity index is 1.79. The molecule has 1 unspecified atom stereocenters. The van der Waals surface area contributed by atoms with Crippen molar-refractivity contribution in [3.8, 4) is 0 Å². The van der Waals surface area contributed by atoms with Crippen molar-refractivity contribution in [2.45, 2.75) is 17.2 Å². The molecule has 1 N–H and O–H groups in total. The minimum atomic E-state index is -3.70. The number of hydrogen-bond donors (Lipinski definition) is 1. The number of carboxylic acid groups (broad SMARTS) is 1. The van der Waals surface area contributed by atoms with Gasteiger partial charge in [-0.25, -0.2) is 12.4 Å². The molecule has 1 heterocycles. The molecule has 6 heteroatoms. The van der Waals surface area contributed by atoms with Gasteiger partial charge in [-0.1, -0.05) is 54.6 Å². The summed E-state index contributed by atoms with van der Waals surface area (Å²) in [5, 5.41) is 10.1. The molecule has 0 aliphatic carbocycles. The number of aromatic nitrogens is 1. The Morgan fingerprint density at radius 1 is 0.862 bits per heavy atom. The van der Waals surface area contributed by atoms with Gasteiger partial charge in [-0.15, -0.1) is 0 Å². The van der Waals surface area contributed by atoms with Crippen LogP contribution in [0.3, 0.4) is 0 Å². The summed E-state index contributed by atoms with van der Waals surface area (Å²) in [5.74, 6) is -1.20. The lowest BCUT2D eigenvalue weighted by Crippen LogP contribution is -2.12. The van der Waals surface area contributed by atoms with Gasteiger partial charge >= 0.3 is 5.97 Å². The molecule has 1 atom stereocenters. The fraction of sp³-hybridized carbons (Fsp3) is 0.0870. The summed E-state index contributed by atoms with van der Waals surface area (Å²) in [6.45, 7) is 0. The van der Waals surface area contributed by atoms with Crippen LogP contribution in [0.2, 0.25) is 0 Å². The highest BCUT2D eigenvalue weighted by Gasteiger charge is 2.21. The molecule has 4 aromatic rings. The van der Waals surface area contributed by atoms with E-state index in [1.54, 1.807) is 48.5 Å². The molecular formula is C23H19NO4S. The highest BCUT2D eigenvalue weighted by Crippen LogP contribution is 2.31. The van der Waals surface area contributed by atoms with Crippen LogP contribution >= 0.6 is 0 Å². The standard InChI is InChI=1S/C23H19NO4S/c25-23(26)16-21(17-7-3-1-4-8-17)18-11-12-22-19(15-18)13-14-24(22)29(27,28)20-9-5-2-6-10-20/h1-15,21H,16H2,(H,25,26). The average Bonchev–Trinajstić information content (AvgIpc) is 3.17. The number of carbonyl (C=O) groups is 1. The van der Waals surface area contributed by atoms with Crippen molar-refractivity contribution in [2.75, 3.05) is 0 Å². The van der Waals surface area contributed by atoms with E-state index in [1.807, 2.05) is 36.4 Å². The topological polar surface area (TPSA) is 76.4 Å². The summed E-state index contributed by atoms with van der Waals surface area (Å²) in [6.07, 6.45) is 1.49. The zero-order valence-electron chi connectivity index (χ0n) is 15.5. The van der Waals surface area contributed by atoms with Crippen LogP contribution in [0, 0.1) is 0 Å². The number of carboxylic acids is 1. The number of fused-ring (bicyclic) bond motifs is 1. The zero-order valence-corrected chi connectivity index (χ0v) is 16.3. The van der Waals surface area contributed by atoms with Crippen LogP contribution < -0.4 is 0 Å². The van der Waals surface area contributed by atoms with E-state index < -0.39 is 16.0 Å². The first kappa shape index (κ1) is 19.0. The van der Waals surface area contributed by atoms with Crippen molar-refractivity contribution in [3.63, 3.8) is 0 Å². The van der Waals surface area contributed by atoms with Crippen LogP contribution in [-0.2, 0) is 14.8 Å². The fourth-order valence-corrected chi connectivity index (χ4v) is 4.93. The molecule has 146 valence electrons. The fourth-order valence-electron chi connectivity index (χ4n) is 3.56. The Morgan fingerprint density at radius 2 is 1.52 bits per heavy atom. The van der Waals surface area contributed by atoms with Crippen LogP contribution in [0.25, 0.3) is 10.9 Å². The number of nitrogens with zero attached hydrogens (tertiary/aromatic N) is 1. The van der Waals surface area contributed by atoms with E-state index in [9.17, 15) is 18.3 Å². The Labute approximate surface area is 168 Å². The van der Waals surface area contributed by atoms with Gasteiger partial charge < -0.3 is 5.11 Å². The highest BCUT2D eigenvalue weighted by atomic mass is 32.2. The number of rotatable bonds is 6. The molecule has 0 saturated carbocycles. The second kappa shape index (κ2) is 7.56. The highest BCUT2D eigenvalue weighted by molar-refractivity contribution is 7.90. The van der Waals surface area contributed by atoms with Crippen LogP contribution in [0.1, 0.15) is 23.5 Å². The molecule has 3 aromatic carbocycles. The largest absolute Gasteiger partial charge is 0.481 e. The first-order chi connectivity index (χ1) is 14.0. The minimum Gasteiger partial charge on any atom is -0.481 e. The Hall–Kier alpha value is -3.38. The van der Waals surface area contributed by atoms with Gasteiger partial charge in [0.25, 0.3) is 10.0 Å². The van der Waals surface area contributed by atoms with Gasteiger partial charge in [0, 0.05) is 17.5 Å². The molecule has 0 aliphatic rings. The minimum absolute atomic E-state index is 0.0431. The number of hydrogen-bond acceptors (Lipinski definition) is 3. The summed E-state index contributed by atoms with van der Waals surface area (Å²) >= 11 is 0. The SMILES string of the molecule is O=C(O)CC(c1ccccc1)c1ccc2c(ccn2S(=O)(=O)c2ccccc2)c1. The molecule has 4 rings (SSSR count). The molecule has 0 bridgehead atoms. The third-order valence-electron chi connectivity index (χ3n) is 4.96. The second-order valence-corrected chi connectivity index (χ2v) is 8.62. The Kier molecular flexibility index (Phi) is 4.94. The van der Waals surface area contributed by atoms with Crippen molar-refractivity contribution in [1.29, 1.82) is 0 Å². The molecule has 0 radical (unpaired) electrons. The molecule has 0 amide bonds. The molecular weight excluding hydrogens is 386 g/mol. The van der Waals surface area contributed by atoms with E-state index in [4.69, 9.17) is 0 Å². The predicted molar refractivity (Wildman–Crippen MR) is 112 cm³/mol. The third-order valence-corrected chi connectivity index (χ3v) is 6.67. The molecule has 0 saturated heterocycles. The number of aliphatic carboxylic acids is 1. The van der Waals surface area contributed by atoms with Crippen LogP contribution in [0.5, 0.6) is 0 Å². The van der Waals surface area contributed by atoms with Gasteiger partial charge in [-0.05, 0) is 41.5 Å². The average molecular weight is 405 g/mol. The van der Waals surface area contributed by atoms with Crippen molar-refractivity contribution < 1.29 is 18.3 Å². The first-order valence-corrected chi connectivity index (χ1v) is 10.6. The van der Waals surface area contributed by atoms with Crippen molar-refractivity contribution in [1.82, 2.24) is 3.97 Å². The van der Waals surface area contributed by atoms with E-state index in [1.165, 1.54) is 10.2 Å². The van der Waals surface area contributed by atoms with Crippen LogP contribution in [0.15, 0.2) is 96.0 Å². The Bertz CT molecular complexity index is 1260. The molecule has 29 heavy (non-hydrogen) atoms. The first-order valence-electron chi connectivity index (χ1n) is 9.15. The van der Waals surface area contributed by atoms with Gasteiger partial charge in [-0.3, -0.25) is 4.79 Å². The van der Waals surface area contributed by atoms with E-state index in [0.717, 1.165) is 16.5 Å². The molecule has 5 nitrogen and oxygen atoms in total. The summed E-state index contributed by atoms with van der Waals surface area (Å²) < 4.78 is 27.2. The lowest BCUT2D eigenvalue weighted by Gasteiger charge is -2.16. The monoisotopic (exact) mass is 405 g/mol. The third kappa shape index (κ3) is 3.67. The van der Waals surface area contributed by atoms with E-state index in [0.29, 0.717) is 5.52 Å². The van der Waals surface area contributed by atoms with Crippen molar-refractivity contribution in [3.05, 3.63) is 102 Å². The maximum Gasteiger partial charge on any atom is 0.304 e. The predicted octanol–water partition coefficient (Wildman–Crippen LogP) is 4.48. The lowest BCUT2D eigenvalue weighted by atomic mass is 9.88. The van der Waals surface area contributed by atoms with E-state index in [-0.39, 0.29) is 17.2 Å². The summed E-state index contributed by atoms with van der Waals surface area (Å²) in [6, 6.07) is 24.9. The van der Waals surface area contributed by atoms with Crippen molar-refractivity contribution in [2.24, 2.45) is 0 Å². The molecule has 0 fully saturated rings. The molecule has 0 aliphatic heterocycles. The number of benzene rings is 3. The smallest absolute Gasteiger partial charge is 0.304 e. The molecule has 0 spiro atoms. The molecule has 1 aromatic heterocycles. The van der Waals surface area contributed by atoms with Gasteiger partial charge in [0.2, 0.25) is 0 Å². The lowest BCUT2D eigenvalue weighted by molar-refractivity contribution is -0.137. The maximum atomic E-state index is 13.0. The van der Waals surface area contributed by atoms with Gasteiger partial charge in [-0.2, -0.15) is 0 Å². The van der Waals surface area contributed by atoms with E-state index >= 15 is 0 Å². The van der Waals surface area contributed by atoms with Crippen LogP contribution in [-0.4, -0.2) is 23.5 Å². The van der Waals surface area contributed by atoms with Gasteiger partial charge in [0.05, 0.1) is 16.8 Å². The summed E-state index contributed by atoms with van der Waals surface area (Å²) in [4.78, 5) is 11.6. The zero-order chi connectivity index (χ0) is 20.4. The summed E-state index contributed by atoms with van der Waals surface area (Å²) in [7, 11) is -3.70. The normalized spacial score (nSPS) is 12.7. The van der Waals surface area contributed by atoms with Crippen molar-refractivity contribution >= 4 is 26.9 Å². The van der Waals surface area contributed by atoms with Gasteiger partial charge in [0.15, 0.2) is 0 Å². The van der Waals surface area contributed by atoms with Gasteiger partial charge in [0.1, 0.15) is 0 Å². The Morgan fingerprint density at radius 3 is 2.17 bits per heavy atom. The van der Waals surface area contributed by atoms with Crippen LogP contribution in [0.4, 0.5) is 0 Å². The quantitative estimate of drug-likeness (QED) is 0.513.